The summed E-state index contributed by atoms with van der Waals surface area (Å²) < 4.78 is 5.11. The number of carbonyl (C=O) groups is 1. The number of aromatic nitrogens is 3. The third-order valence-corrected chi connectivity index (χ3v) is 3.99. The molecule has 1 aromatic heterocycles. The zero-order valence-electron chi connectivity index (χ0n) is 14.6. The largest absolute Gasteiger partial charge is 0.497 e. The van der Waals surface area contributed by atoms with Crippen molar-refractivity contribution in [3.63, 3.8) is 0 Å². The fraction of sp³-hybridized carbons (Fsp3) is 0.211. The Kier molecular flexibility index (Phi) is 5.28. The van der Waals surface area contributed by atoms with Crippen molar-refractivity contribution in [2.24, 2.45) is 0 Å². The minimum absolute atomic E-state index is 0.115. The number of amides is 1. The van der Waals surface area contributed by atoms with Crippen LogP contribution in [0.15, 0.2) is 48.5 Å². The second-order valence-electron chi connectivity index (χ2n) is 5.76. The van der Waals surface area contributed by atoms with Crippen LogP contribution in [0, 0.1) is 6.92 Å². The van der Waals surface area contributed by atoms with E-state index in [9.17, 15) is 9.90 Å². The van der Waals surface area contributed by atoms with Crippen molar-refractivity contribution in [1.29, 1.82) is 0 Å². The molecule has 0 spiro atoms. The van der Waals surface area contributed by atoms with Crippen molar-refractivity contribution < 1.29 is 14.6 Å². The number of aliphatic hydroxyl groups is 1. The first kappa shape index (κ1) is 17.6. The van der Waals surface area contributed by atoms with Crippen LogP contribution in [-0.4, -0.2) is 33.1 Å². The SMILES string of the molecule is COc1ccc(CNC(=O)c2nn(-c3ccccc3C)nc2CO)cc1. The Bertz CT molecular complexity index is 903. The fourth-order valence-electron chi connectivity index (χ4n) is 2.52. The lowest BCUT2D eigenvalue weighted by Gasteiger charge is -2.05. The van der Waals surface area contributed by atoms with Crippen LogP contribution in [0.25, 0.3) is 5.69 Å². The van der Waals surface area contributed by atoms with Crippen LogP contribution in [0.1, 0.15) is 27.3 Å². The minimum atomic E-state index is -0.385. The van der Waals surface area contributed by atoms with Gasteiger partial charge in [0.25, 0.3) is 5.91 Å². The van der Waals surface area contributed by atoms with Gasteiger partial charge in [0.05, 0.1) is 19.4 Å². The normalized spacial score (nSPS) is 10.6. The lowest BCUT2D eigenvalue weighted by molar-refractivity contribution is 0.0942. The lowest BCUT2D eigenvalue weighted by atomic mass is 10.2. The maximum Gasteiger partial charge on any atom is 0.274 e. The summed E-state index contributed by atoms with van der Waals surface area (Å²) in [5.74, 6) is 0.369. The van der Waals surface area contributed by atoms with E-state index in [1.54, 1.807) is 7.11 Å². The van der Waals surface area contributed by atoms with Gasteiger partial charge in [0.2, 0.25) is 0 Å². The van der Waals surface area contributed by atoms with Crippen LogP contribution >= 0.6 is 0 Å². The number of hydrogen-bond donors (Lipinski definition) is 2. The number of benzene rings is 2. The topological polar surface area (TPSA) is 89.3 Å². The number of carbonyl (C=O) groups excluding carboxylic acids is 1. The molecule has 2 aromatic carbocycles. The molecular weight excluding hydrogens is 332 g/mol. The predicted molar refractivity (Wildman–Crippen MR) is 96.2 cm³/mol. The molecule has 0 atom stereocenters. The highest BCUT2D eigenvalue weighted by atomic mass is 16.5. The number of rotatable bonds is 6. The maximum absolute atomic E-state index is 12.5. The van der Waals surface area contributed by atoms with Gasteiger partial charge < -0.3 is 15.2 Å². The van der Waals surface area contributed by atoms with Gasteiger partial charge in [0, 0.05) is 6.54 Å². The van der Waals surface area contributed by atoms with E-state index in [1.807, 2.05) is 55.5 Å². The quantitative estimate of drug-likeness (QED) is 0.708. The third kappa shape index (κ3) is 3.73. The summed E-state index contributed by atoms with van der Waals surface area (Å²) in [5.41, 5.74) is 3.01. The number of nitrogens with one attached hydrogen (secondary N) is 1. The van der Waals surface area contributed by atoms with Crippen LogP contribution in [-0.2, 0) is 13.2 Å². The summed E-state index contributed by atoms with van der Waals surface area (Å²) >= 11 is 0. The van der Waals surface area contributed by atoms with E-state index in [1.165, 1.54) is 4.80 Å². The van der Waals surface area contributed by atoms with Gasteiger partial charge in [-0.15, -0.1) is 10.2 Å². The summed E-state index contributed by atoms with van der Waals surface area (Å²) in [4.78, 5) is 13.9. The lowest BCUT2D eigenvalue weighted by Crippen LogP contribution is -2.24. The average molecular weight is 352 g/mol. The standard InChI is InChI=1S/C19H20N4O3/c1-13-5-3-4-6-17(13)23-21-16(12-24)18(22-23)19(25)20-11-14-7-9-15(26-2)10-8-14/h3-10,24H,11-12H2,1-2H3,(H,20,25). The Balaban J connectivity index is 1.77. The number of aryl methyl sites for hydroxylation is 1. The van der Waals surface area contributed by atoms with E-state index >= 15 is 0 Å². The molecule has 0 fully saturated rings. The zero-order chi connectivity index (χ0) is 18.5. The van der Waals surface area contributed by atoms with E-state index < -0.39 is 0 Å². The highest BCUT2D eigenvalue weighted by Crippen LogP contribution is 2.14. The molecule has 134 valence electrons. The number of para-hydroxylation sites is 1. The molecule has 7 nitrogen and oxygen atoms in total. The molecule has 3 aromatic rings. The van der Waals surface area contributed by atoms with Crippen LogP contribution in [0.3, 0.4) is 0 Å². The maximum atomic E-state index is 12.5. The van der Waals surface area contributed by atoms with Crippen molar-refractivity contribution in [3.05, 3.63) is 71.0 Å². The van der Waals surface area contributed by atoms with Gasteiger partial charge in [-0.3, -0.25) is 4.79 Å². The van der Waals surface area contributed by atoms with Crippen LogP contribution in [0.4, 0.5) is 0 Å². The Morgan fingerprint density at radius 1 is 1.15 bits per heavy atom. The number of hydrogen-bond acceptors (Lipinski definition) is 5. The van der Waals surface area contributed by atoms with E-state index in [4.69, 9.17) is 4.74 Å². The second-order valence-corrected chi connectivity index (χ2v) is 5.76. The molecule has 0 aliphatic heterocycles. The summed E-state index contributed by atoms with van der Waals surface area (Å²) in [6.07, 6.45) is 0. The first-order chi connectivity index (χ1) is 12.6. The Labute approximate surface area is 151 Å². The molecule has 0 radical (unpaired) electrons. The summed E-state index contributed by atoms with van der Waals surface area (Å²) in [6.45, 7) is 1.91. The van der Waals surface area contributed by atoms with Crippen molar-refractivity contribution in [3.8, 4) is 11.4 Å². The van der Waals surface area contributed by atoms with Gasteiger partial charge in [0.15, 0.2) is 5.69 Å². The molecule has 0 unspecified atom stereocenters. The highest BCUT2D eigenvalue weighted by molar-refractivity contribution is 5.93. The molecule has 0 bridgehead atoms. The van der Waals surface area contributed by atoms with Crippen LogP contribution in [0.2, 0.25) is 0 Å². The van der Waals surface area contributed by atoms with Gasteiger partial charge in [-0.05, 0) is 36.2 Å². The van der Waals surface area contributed by atoms with Crippen molar-refractivity contribution >= 4 is 5.91 Å². The molecule has 0 saturated carbocycles. The highest BCUT2D eigenvalue weighted by Gasteiger charge is 2.19. The van der Waals surface area contributed by atoms with Gasteiger partial charge >= 0.3 is 0 Å². The van der Waals surface area contributed by atoms with Crippen LogP contribution < -0.4 is 10.1 Å². The van der Waals surface area contributed by atoms with Gasteiger partial charge in [-0.2, -0.15) is 4.80 Å². The summed E-state index contributed by atoms with van der Waals surface area (Å²) in [7, 11) is 1.60. The molecule has 0 aliphatic carbocycles. The molecule has 7 heteroatoms. The van der Waals surface area contributed by atoms with Crippen molar-refractivity contribution in [2.45, 2.75) is 20.1 Å². The fourth-order valence-corrected chi connectivity index (χ4v) is 2.52. The Morgan fingerprint density at radius 3 is 2.54 bits per heavy atom. The molecule has 1 heterocycles. The molecule has 2 N–H and O–H groups in total. The average Bonchev–Trinajstić information content (AvgIpc) is 3.11. The van der Waals surface area contributed by atoms with E-state index in [0.717, 1.165) is 22.6 Å². The Morgan fingerprint density at radius 2 is 1.88 bits per heavy atom. The van der Waals surface area contributed by atoms with E-state index in [0.29, 0.717) is 6.54 Å². The van der Waals surface area contributed by atoms with E-state index in [-0.39, 0.29) is 23.9 Å². The number of aliphatic hydroxyl groups excluding tert-OH is 1. The van der Waals surface area contributed by atoms with Crippen LogP contribution in [0.5, 0.6) is 5.75 Å². The van der Waals surface area contributed by atoms with Crippen molar-refractivity contribution in [1.82, 2.24) is 20.3 Å². The molecule has 1 amide bonds. The van der Waals surface area contributed by atoms with Crippen molar-refractivity contribution in [2.75, 3.05) is 7.11 Å². The Hall–Kier alpha value is -3.19. The first-order valence-electron chi connectivity index (χ1n) is 8.16. The minimum Gasteiger partial charge on any atom is -0.497 e. The van der Waals surface area contributed by atoms with Gasteiger partial charge in [0.1, 0.15) is 11.4 Å². The monoisotopic (exact) mass is 352 g/mol. The molecule has 0 aliphatic rings. The zero-order valence-corrected chi connectivity index (χ0v) is 14.6. The van der Waals surface area contributed by atoms with Gasteiger partial charge in [-0.1, -0.05) is 30.3 Å². The predicted octanol–water partition coefficient (Wildman–Crippen LogP) is 2.01. The summed E-state index contributed by atoms with van der Waals surface area (Å²) in [6, 6.07) is 15.0. The molecule has 3 rings (SSSR count). The smallest absolute Gasteiger partial charge is 0.274 e. The number of methoxy groups -OCH3 is 1. The molecular formula is C19H20N4O3. The summed E-state index contributed by atoms with van der Waals surface area (Å²) in [5, 5.41) is 20.8. The second kappa shape index (κ2) is 7.79. The number of ether oxygens (including phenoxy) is 1. The van der Waals surface area contributed by atoms with E-state index in [2.05, 4.69) is 15.5 Å². The number of nitrogens with zero attached hydrogens (tertiary/aromatic N) is 3. The molecule has 26 heavy (non-hydrogen) atoms. The van der Waals surface area contributed by atoms with Gasteiger partial charge in [-0.25, -0.2) is 0 Å². The first-order valence-corrected chi connectivity index (χ1v) is 8.16. The molecule has 0 saturated heterocycles. The third-order valence-electron chi connectivity index (χ3n) is 3.99.